The first-order valence-electron chi connectivity index (χ1n) is 5.87. The zero-order chi connectivity index (χ0) is 13.7. The van der Waals surface area contributed by atoms with Crippen molar-refractivity contribution in [2.45, 2.75) is 12.3 Å². The second kappa shape index (κ2) is 6.91. The largest absolute Gasteiger partial charge is 0.497 e. The van der Waals surface area contributed by atoms with Gasteiger partial charge in [-0.05, 0) is 46.5 Å². The lowest BCUT2D eigenvalue weighted by molar-refractivity contribution is 0.415. The number of benzene rings is 1. The van der Waals surface area contributed by atoms with Crippen molar-refractivity contribution < 1.29 is 9.15 Å². The van der Waals surface area contributed by atoms with Crippen molar-refractivity contribution in [1.29, 1.82) is 0 Å². The summed E-state index contributed by atoms with van der Waals surface area (Å²) < 4.78 is 11.9. The molecule has 1 aromatic carbocycles. The van der Waals surface area contributed by atoms with Crippen molar-refractivity contribution in [2.24, 2.45) is 0 Å². The Bertz CT molecular complexity index is 542. The molecule has 0 amide bonds. The predicted molar refractivity (Wildman–Crippen MR) is 83.9 cm³/mol. The molecule has 102 valence electrons. The fourth-order valence-corrected chi connectivity index (χ4v) is 2.51. The Morgan fingerprint density at radius 2 is 2.05 bits per heavy atom. The van der Waals surface area contributed by atoms with Crippen LogP contribution in [0, 0.1) is 0 Å². The first-order chi connectivity index (χ1) is 9.22. The minimum atomic E-state index is 0.653. The minimum absolute atomic E-state index is 0.653. The summed E-state index contributed by atoms with van der Waals surface area (Å²) in [6.07, 6.45) is 2.06. The fourth-order valence-electron chi connectivity index (χ4n) is 1.69. The van der Waals surface area contributed by atoms with Crippen molar-refractivity contribution in [3.8, 4) is 5.75 Å². The van der Waals surface area contributed by atoms with Crippen LogP contribution in [0.15, 0.2) is 39.2 Å². The number of nitrogens with one attached hydrogen (secondary N) is 1. The van der Waals surface area contributed by atoms with Crippen molar-refractivity contribution in [3.05, 3.63) is 46.3 Å². The average Bonchev–Trinajstić information content (AvgIpc) is 2.86. The van der Waals surface area contributed by atoms with Crippen LogP contribution in [0.5, 0.6) is 5.75 Å². The third kappa shape index (κ3) is 3.94. The van der Waals surface area contributed by atoms with Gasteiger partial charge in [0.25, 0.3) is 0 Å². The molecule has 2 aromatic rings. The van der Waals surface area contributed by atoms with Crippen LogP contribution < -0.4 is 10.1 Å². The second-order valence-electron chi connectivity index (χ2n) is 4.00. The molecule has 3 nitrogen and oxygen atoms in total. The summed E-state index contributed by atoms with van der Waals surface area (Å²) in [5.74, 6) is 3.67. The van der Waals surface area contributed by atoms with Gasteiger partial charge in [0.2, 0.25) is 0 Å². The van der Waals surface area contributed by atoms with E-state index in [9.17, 15) is 0 Å². The van der Waals surface area contributed by atoms with Gasteiger partial charge in [0.1, 0.15) is 17.3 Å². The van der Waals surface area contributed by atoms with Crippen LogP contribution in [0.3, 0.4) is 0 Å². The molecule has 19 heavy (non-hydrogen) atoms. The van der Waals surface area contributed by atoms with E-state index in [0.29, 0.717) is 6.54 Å². The molecule has 1 aromatic heterocycles. The Labute approximate surface area is 125 Å². The van der Waals surface area contributed by atoms with Crippen LogP contribution in [0.2, 0.25) is 0 Å². The van der Waals surface area contributed by atoms with E-state index in [1.54, 1.807) is 18.9 Å². The van der Waals surface area contributed by atoms with Crippen molar-refractivity contribution in [3.63, 3.8) is 0 Å². The van der Waals surface area contributed by atoms with Crippen molar-refractivity contribution in [2.75, 3.05) is 18.7 Å². The molecule has 0 radical (unpaired) electrons. The van der Waals surface area contributed by atoms with E-state index < -0.39 is 0 Å². The van der Waals surface area contributed by atoms with E-state index >= 15 is 0 Å². The number of methoxy groups -OCH3 is 1. The molecule has 0 aliphatic carbocycles. The van der Waals surface area contributed by atoms with Crippen LogP contribution >= 0.6 is 27.7 Å². The molecule has 0 saturated heterocycles. The topological polar surface area (TPSA) is 34.4 Å². The quantitative estimate of drug-likeness (QED) is 0.837. The highest BCUT2D eigenvalue weighted by Gasteiger charge is 2.05. The zero-order valence-electron chi connectivity index (χ0n) is 10.9. The Balaban J connectivity index is 2.01. The van der Waals surface area contributed by atoms with E-state index in [-0.39, 0.29) is 0 Å². The van der Waals surface area contributed by atoms with Gasteiger partial charge in [0.15, 0.2) is 0 Å². The van der Waals surface area contributed by atoms with Gasteiger partial charge in [-0.1, -0.05) is 0 Å². The van der Waals surface area contributed by atoms with Crippen LogP contribution in [0.25, 0.3) is 0 Å². The highest BCUT2D eigenvalue weighted by Crippen LogP contribution is 2.27. The molecule has 0 saturated carbocycles. The number of halogens is 1. The van der Waals surface area contributed by atoms with Gasteiger partial charge >= 0.3 is 0 Å². The molecule has 0 spiro atoms. The number of anilines is 1. The van der Waals surface area contributed by atoms with E-state index in [2.05, 4.69) is 27.5 Å². The molecule has 0 aliphatic heterocycles. The normalized spacial score (nSPS) is 10.5. The maximum Gasteiger partial charge on any atom is 0.123 e. The molecule has 1 heterocycles. The van der Waals surface area contributed by atoms with Crippen molar-refractivity contribution in [1.82, 2.24) is 0 Å². The molecule has 2 rings (SSSR count). The van der Waals surface area contributed by atoms with Gasteiger partial charge < -0.3 is 14.5 Å². The summed E-state index contributed by atoms with van der Waals surface area (Å²) in [5.41, 5.74) is 0.988. The van der Waals surface area contributed by atoms with E-state index in [4.69, 9.17) is 9.15 Å². The van der Waals surface area contributed by atoms with Gasteiger partial charge in [-0.2, -0.15) is 11.8 Å². The lowest BCUT2D eigenvalue weighted by Gasteiger charge is -2.09. The summed E-state index contributed by atoms with van der Waals surface area (Å²) in [6.45, 7) is 0.653. The molecule has 0 fully saturated rings. The summed E-state index contributed by atoms with van der Waals surface area (Å²) >= 11 is 5.26. The lowest BCUT2D eigenvalue weighted by atomic mass is 10.3. The standard InChI is InChI=1S/C14H16BrNO2S/c1-17-10-5-6-13(15)14(7-10)16-8-11-3-4-12(18-11)9-19-2/h3-7,16H,8-9H2,1-2H3. The SMILES string of the molecule is COc1ccc(Br)c(NCc2ccc(CSC)o2)c1. The molecule has 0 aliphatic rings. The first-order valence-corrected chi connectivity index (χ1v) is 8.05. The maximum absolute atomic E-state index is 5.71. The van der Waals surface area contributed by atoms with Crippen LogP contribution in [-0.4, -0.2) is 13.4 Å². The Hall–Kier alpha value is -1.07. The fraction of sp³-hybridized carbons (Fsp3) is 0.286. The molecular formula is C14H16BrNO2S. The average molecular weight is 342 g/mol. The third-order valence-electron chi connectivity index (χ3n) is 2.63. The van der Waals surface area contributed by atoms with Gasteiger partial charge in [-0.15, -0.1) is 0 Å². The summed E-state index contributed by atoms with van der Waals surface area (Å²) in [6, 6.07) is 9.86. The van der Waals surface area contributed by atoms with Gasteiger partial charge in [-0.3, -0.25) is 0 Å². The highest BCUT2D eigenvalue weighted by molar-refractivity contribution is 9.10. The molecule has 0 unspecified atom stereocenters. The zero-order valence-corrected chi connectivity index (χ0v) is 13.3. The summed E-state index contributed by atoms with van der Waals surface area (Å²) in [5, 5.41) is 3.33. The summed E-state index contributed by atoms with van der Waals surface area (Å²) in [4.78, 5) is 0. The molecule has 0 atom stereocenters. The Kier molecular flexibility index (Phi) is 5.22. The van der Waals surface area contributed by atoms with Gasteiger partial charge in [-0.25, -0.2) is 0 Å². The maximum atomic E-state index is 5.71. The molecule has 0 bridgehead atoms. The number of furan rings is 1. The molecule has 1 N–H and O–H groups in total. The second-order valence-corrected chi connectivity index (χ2v) is 5.72. The van der Waals surface area contributed by atoms with E-state index in [0.717, 1.165) is 33.2 Å². The monoisotopic (exact) mass is 341 g/mol. The highest BCUT2D eigenvalue weighted by atomic mass is 79.9. The minimum Gasteiger partial charge on any atom is -0.497 e. The Morgan fingerprint density at radius 1 is 1.26 bits per heavy atom. The number of rotatable bonds is 6. The van der Waals surface area contributed by atoms with Gasteiger partial charge in [0.05, 0.1) is 25.1 Å². The Morgan fingerprint density at radius 3 is 2.79 bits per heavy atom. The van der Waals surface area contributed by atoms with Gasteiger partial charge in [0, 0.05) is 10.5 Å². The smallest absolute Gasteiger partial charge is 0.123 e. The van der Waals surface area contributed by atoms with E-state index in [1.165, 1.54) is 0 Å². The summed E-state index contributed by atoms with van der Waals surface area (Å²) in [7, 11) is 1.66. The lowest BCUT2D eigenvalue weighted by Crippen LogP contribution is -1.99. The molecule has 5 heteroatoms. The number of hydrogen-bond acceptors (Lipinski definition) is 4. The first kappa shape index (κ1) is 14.3. The van der Waals surface area contributed by atoms with Crippen LogP contribution in [0.1, 0.15) is 11.5 Å². The number of thioether (sulfide) groups is 1. The number of ether oxygens (including phenoxy) is 1. The van der Waals surface area contributed by atoms with Crippen LogP contribution in [0.4, 0.5) is 5.69 Å². The number of hydrogen-bond donors (Lipinski definition) is 1. The predicted octanol–water partition coefficient (Wildman–Crippen LogP) is 4.53. The van der Waals surface area contributed by atoms with E-state index in [1.807, 2.05) is 30.3 Å². The molecular weight excluding hydrogens is 326 g/mol. The van der Waals surface area contributed by atoms with Crippen molar-refractivity contribution >= 4 is 33.4 Å². The van der Waals surface area contributed by atoms with Crippen LogP contribution in [-0.2, 0) is 12.3 Å². The third-order valence-corrected chi connectivity index (χ3v) is 3.90.